The Labute approximate surface area is 167 Å². The maximum Gasteiger partial charge on any atom is 0.272 e. The second-order valence-corrected chi connectivity index (χ2v) is 7.31. The fraction of sp³-hybridized carbons (Fsp3) is 0.111. The van der Waals surface area contributed by atoms with E-state index in [0.29, 0.717) is 37.7 Å². The molecule has 2 aromatic carbocycles. The highest BCUT2D eigenvalue weighted by atomic mass is 79.9. The van der Waals surface area contributed by atoms with Crippen molar-refractivity contribution >= 4 is 44.0 Å². The molecule has 0 aliphatic carbocycles. The Morgan fingerprint density at radius 1 is 1.30 bits per heavy atom. The summed E-state index contributed by atoms with van der Waals surface area (Å²) in [5, 5.41) is 16.0. The highest BCUT2D eigenvalue weighted by molar-refractivity contribution is 9.10. The van der Waals surface area contributed by atoms with Gasteiger partial charge in [-0.2, -0.15) is 0 Å². The number of anilines is 1. The lowest BCUT2D eigenvalue weighted by Gasteiger charge is -2.06. The number of hydrogen-bond acceptors (Lipinski definition) is 6. The van der Waals surface area contributed by atoms with Gasteiger partial charge in [0.05, 0.1) is 23.3 Å². The molecule has 0 saturated carbocycles. The van der Waals surface area contributed by atoms with Gasteiger partial charge < -0.3 is 4.74 Å². The summed E-state index contributed by atoms with van der Waals surface area (Å²) in [7, 11) is 1.53. The van der Waals surface area contributed by atoms with Gasteiger partial charge in [-0.05, 0) is 41.1 Å². The highest BCUT2D eigenvalue weighted by Crippen LogP contribution is 2.30. The summed E-state index contributed by atoms with van der Waals surface area (Å²) in [5.41, 5.74) is 2.20. The molecule has 3 rings (SSSR count). The third kappa shape index (κ3) is 4.15. The maximum atomic E-state index is 12.5. The van der Waals surface area contributed by atoms with E-state index < -0.39 is 4.92 Å². The first kappa shape index (κ1) is 19.0. The summed E-state index contributed by atoms with van der Waals surface area (Å²) in [4.78, 5) is 27.6. The number of nitro benzene ring substituents is 1. The van der Waals surface area contributed by atoms with Gasteiger partial charge in [-0.25, -0.2) is 4.98 Å². The first-order chi connectivity index (χ1) is 12.9. The summed E-state index contributed by atoms with van der Waals surface area (Å²) < 4.78 is 5.77. The zero-order valence-corrected chi connectivity index (χ0v) is 16.8. The van der Waals surface area contributed by atoms with E-state index in [-0.39, 0.29) is 11.6 Å². The van der Waals surface area contributed by atoms with Crippen LogP contribution in [0.5, 0.6) is 5.75 Å². The Morgan fingerprint density at radius 2 is 2.07 bits per heavy atom. The summed E-state index contributed by atoms with van der Waals surface area (Å²) >= 11 is 4.59. The molecular formula is C18H14BrN3O4S. The molecular weight excluding hydrogens is 434 g/mol. The largest absolute Gasteiger partial charge is 0.497 e. The predicted molar refractivity (Wildman–Crippen MR) is 108 cm³/mol. The minimum absolute atomic E-state index is 0.0337. The SMILES string of the molecule is COc1ccc(Br)c(C(=O)Nc2nc(-c3ccc(C)c([N+](=O)[O-])c3)cs2)c1. The van der Waals surface area contributed by atoms with Gasteiger partial charge in [0.15, 0.2) is 5.13 Å². The molecule has 9 heteroatoms. The standard InChI is InChI=1S/C18H14BrN3O4S/c1-10-3-4-11(7-16(10)22(24)25)15-9-27-18(20-15)21-17(23)13-8-12(26-2)5-6-14(13)19/h3-9H,1-2H3,(H,20,21,23). The molecule has 0 saturated heterocycles. The Balaban J connectivity index is 1.84. The molecule has 27 heavy (non-hydrogen) atoms. The van der Waals surface area contributed by atoms with E-state index >= 15 is 0 Å². The van der Waals surface area contributed by atoms with Crippen LogP contribution in [0.2, 0.25) is 0 Å². The number of carbonyl (C=O) groups is 1. The molecule has 0 aliphatic heterocycles. The molecule has 0 unspecified atom stereocenters. The number of nitrogens with one attached hydrogen (secondary N) is 1. The number of aryl methyl sites for hydroxylation is 1. The van der Waals surface area contributed by atoms with Crippen molar-refractivity contribution in [2.24, 2.45) is 0 Å². The van der Waals surface area contributed by atoms with Crippen LogP contribution in [0.3, 0.4) is 0 Å². The quantitative estimate of drug-likeness (QED) is 0.436. The summed E-state index contributed by atoms with van der Waals surface area (Å²) in [5.74, 6) is 0.228. The number of nitro groups is 1. The van der Waals surface area contributed by atoms with Crippen LogP contribution in [0, 0.1) is 17.0 Å². The van der Waals surface area contributed by atoms with Crippen LogP contribution in [0.25, 0.3) is 11.3 Å². The first-order valence-corrected chi connectivity index (χ1v) is 9.42. The van der Waals surface area contributed by atoms with Crippen molar-refractivity contribution in [2.75, 3.05) is 12.4 Å². The van der Waals surface area contributed by atoms with Gasteiger partial charge in [-0.1, -0.05) is 12.1 Å². The molecule has 0 radical (unpaired) electrons. The van der Waals surface area contributed by atoms with Crippen LogP contribution in [-0.2, 0) is 0 Å². The number of amides is 1. The number of benzene rings is 2. The zero-order chi connectivity index (χ0) is 19.6. The third-order valence-electron chi connectivity index (χ3n) is 3.84. The Hall–Kier alpha value is -2.78. The topological polar surface area (TPSA) is 94.4 Å². The molecule has 1 amide bonds. The first-order valence-electron chi connectivity index (χ1n) is 7.75. The normalized spacial score (nSPS) is 10.5. The predicted octanol–water partition coefficient (Wildman–Crippen LogP) is 5.05. The van der Waals surface area contributed by atoms with Crippen molar-refractivity contribution in [3.05, 3.63) is 67.5 Å². The molecule has 0 aliphatic rings. The summed E-state index contributed by atoms with van der Waals surface area (Å²) in [6.45, 7) is 1.68. The lowest BCUT2D eigenvalue weighted by atomic mass is 10.1. The summed E-state index contributed by atoms with van der Waals surface area (Å²) in [6, 6.07) is 10.0. The molecule has 7 nitrogen and oxygen atoms in total. The van der Waals surface area contributed by atoms with Crippen molar-refractivity contribution in [3.8, 4) is 17.0 Å². The highest BCUT2D eigenvalue weighted by Gasteiger charge is 2.16. The number of methoxy groups -OCH3 is 1. The van der Waals surface area contributed by atoms with Crippen LogP contribution in [0.1, 0.15) is 15.9 Å². The molecule has 3 aromatic rings. The average molecular weight is 448 g/mol. The number of halogens is 1. The molecule has 0 fully saturated rings. The zero-order valence-electron chi connectivity index (χ0n) is 14.4. The smallest absolute Gasteiger partial charge is 0.272 e. The number of hydrogen-bond donors (Lipinski definition) is 1. The van der Waals surface area contributed by atoms with Crippen LogP contribution >= 0.6 is 27.3 Å². The minimum Gasteiger partial charge on any atom is -0.497 e. The number of nitrogens with zero attached hydrogens (tertiary/aromatic N) is 2. The van der Waals surface area contributed by atoms with E-state index in [1.165, 1.54) is 24.5 Å². The number of rotatable bonds is 5. The van der Waals surface area contributed by atoms with E-state index in [4.69, 9.17) is 4.74 Å². The van der Waals surface area contributed by atoms with Gasteiger partial charge in [-0.3, -0.25) is 20.2 Å². The van der Waals surface area contributed by atoms with Crippen molar-refractivity contribution in [3.63, 3.8) is 0 Å². The molecule has 0 spiro atoms. The van der Waals surface area contributed by atoms with Crippen molar-refractivity contribution in [1.82, 2.24) is 4.98 Å². The fourth-order valence-electron chi connectivity index (χ4n) is 2.40. The van der Waals surface area contributed by atoms with E-state index in [9.17, 15) is 14.9 Å². The molecule has 1 heterocycles. The number of thiazole rings is 1. The van der Waals surface area contributed by atoms with Gasteiger partial charge in [0.2, 0.25) is 0 Å². The summed E-state index contributed by atoms with van der Waals surface area (Å²) in [6.07, 6.45) is 0. The monoisotopic (exact) mass is 447 g/mol. The van der Waals surface area contributed by atoms with E-state index in [1.807, 2.05) is 0 Å². The number of ether oxygens (including phenoxy) is 1. The van der Waals surface area contributed by atoms with Crippen LogP contribution in [0.4, 0.5) is 10.8 Å². The van der Waals surface area contributed by atoms with Crippen molar-refractivity contribution < 1.29 is 14.5 Å². The van der Waals surface area contributed by atoms with E-state index in [0.717, 1.165) is 0 Å². The van der Waals surface area contributed by atoms with Gasteiger partial charge in [0, 0.05) is 27.0 Å². The molecule has 0 atom stereocenters. The fourth-order valence-corrected chi connectivity index (χ4v) is 3.54. The number of aromatic nitrogens is 1. The van der Waals surface area contributed by atoms with Gasteiger partial charge in [0.1, 0.15) is 5.75 Å². The van der Waals surface area contributed by atoms with Gasteiger partial charge >= 0.3 is 0 Å². The Morgan fingerprint density at radius 3 is 2.78 bits per heavy atom. The lowest BCUT2D eigenvalue weighted by molar-refractivity contribution is -0.385. The number of carbonyl (C=O) groups excluding carboxylic acids is 1. The third-order valence-corrected chi connectivity index (χ3v) is 5.29. The van der Waals surface area contributed by atoms with E-state index in [1.54, 1.807) is 42.6 Å². The van der Waals surface area contributed by atoms with Crippen LogP contribution < -0.4 is 10.1 Å². The molecule has 1 N–H and O–H groups in total. The Bertz CT molecular complexity index is 1040. The second-order valence-electron chi connectivity index (χ2n) is 5.60. The maximum absolute atomic E-state index is 12.5. The second kappa shape index (κ2) is 7.85. The minimum atomic E-state index is -0.422. The van der Waals surface area contributed by atoms with Crippen molar-refractivity contribution in [2.45, 2.75) is 6.92 Å². The van der Waals surface area contributed by atoms with Gasteiger partial charge in [-0.15, -0.1) is 11.3 Å². The molecule has 0 bridgehead atoms. The van der Waals surface area contributed by atoms with Gasteiger partial charge in [0.25, 0.3) is 11.6 Å². The van der Waals surface area contributed by atoms with Crippen LogP contribution in [-0.4, -0.2) is 22.9 Å². The molecule has 1 aromatic heterocycles. The molecule has 138 valence electrons. The van der Waals surface area contributed by atoms with E-state index in [2.05, 4.69) is 26.2 Å². The van der Waals surface area contributed by atoms with Crippen LogP contribution in [0.15, 0.2) is 46.3 Å². The average Bonchev–Trinajstić information content (AvgIpc) is 3.10. The Kier molecular flexibility index (Phi) is 5.52. The lowest BCUT2D eigenvalue weighted by Crippen LogP contribution is -2.12. The van der Waals surface area contributed by atoms with Crippen molar-refractivity contribution in [1.29, 1.82) is 0 Å².